The summed E-state index contributed by atoms with van der Waals surface area (Å²) in [4.78, 5) is 2.11. The first-order valence-electron chi connectivity index (χ1n) is 6.62. The van der Waals surface area contributed by atoms with Gasteiger partial charge < -0.3 is 5.32 Å². The molecule has 0 unspecified atom stereocenters. The van der Waals surface area contributed by atoms with Crippen molar-refractivity contribution in [2.75, 3.05) is 6.54 Å². The van der Waals surface area contributed by atoms with Gasteiger partial charge in [-0.1, -0.05) is 36.4 Å². The molecule has 0 aliphatic carbocycles. The molecule has 0 amide bonds. The maximum atomic E-state index is 12.9. The van der Waals surface area contributed by atoms with E-state index in [1.807, 2.05) is 18.2 Å². The molecule has 4 heteroatoms. The third kappa shape index (κ3) is 4.23. The third-order valence-electron chi connectivity index (χ3n) is 2.85. The van der Waals surface area contributed by atoms with Gasteiger partial charge in [0, 0.05) is 21.4 Å². The van der Waals surface area contributed by atoms with Gasteiger partial charge in [-0.3, -0.25) is 0 Å². The van der Waals surface area contributed by atoms with Gasteiger partial charge in [-0.25, -0.2) is 4.39 Å². The van der Waals surface area contributed by atoms with Crippen LogP contribution < -0.4 is 5.32 Å². The molecular formula is C16H17ClFNS. The minimum atomic E-state index is -0.217. The molecule has 0 aliphatic rings. The summed E-state index contributed by atoms with van der Waals surface area (Å²) in [6, 6.07) is 12.4. The molecule has 0 fully saturated rings. The fraction of sp³-hybridized carbons (Fsp3) is 0.250. The Morgan fingerprint density at radius 3 is 2.60 bits per heavy atom. The van der Waals surface area contributed by atoms with Crippen LogP contribution in [0.15, 0.2) is 52.3 Å². The number of hydrogen-bond donors (Lipinski definition) is 1. The number of benzene rings is 2. The first-order valence-corrected chi connectivity index (χ1v) is 7.81. The highest BCUT2D eigenvalue weighted by Crippen LogP contribution is 2.33. The molecule has 0 aliphatic heterocycles. The summed E-state index contributed by atoms with van der Waals surface area (Å²) in [6.45, 7) is 3.84. The third-order valence-corrected chi connectivity index (χ3v) is 4.31. The SMILES string of the molecule is CCCNCc1c(Cl)cccc1Sc1ccc(F)cc1. The lowest BCUT2D eigenvalue weighted by Crippen LogP contribution is -2.14. The number of rotatable bonds is 6. The first kappa shape index (κ1) is 15.4. The zero-order chi connectivity index (χ0) is 14.4. The van der Waals surface area contributed by atoms with Crippen LogP contribution in [0.25, 0.3) is 0 Å². The Bertz CT molecular complexity index is 557. The van der Waals surface area contributed by atoms with E-state index < -0.39 is 0 Å². The van der Waals surface area contributed by atoms with Gasteiger partial charge in [-0.2, -0.15) is 0 Å². The molecule has 0 atom stereocenters. The fourth-order valence-corrected chi connectivity index (χ4v) is 3.10. The summed E-state index contributed by atoms with van der Waals surface area (Å²) in [7, 11) is 0. The lowest BCUT2D eigenvalue weighted by Gasteiger charge is -2.12. The predicted molar refractivity (Wildman–Crippen MR) is 84.0 cm³/mol. The molecule has 2 aromatic carbocycles. The fourth-order valence-electron chi connectivity index (χ4n) is 1.83. The van der Waals surface area contributed by atoms with Gasteiger partial charge in [0.1, 0.15) is 5.82 Å². The highest BCUT2D eigenvalue weighted by Gasteiger charge is 2.08. The van der Waals surface area contributed by atoms with Gasteiger partial charge in [0.25, 0.3) is 0 Å². The maximum absolute atomic E-state index is 12.9. The van der Waals surface area contributed by atoms with Crippen LogP contribution in [0.4, 0.5) is 4.39 Å². The lowest BCUT2D eigenvalue weighted by molar-refractivity contribution is 0.626. The normalized spacial score (nSPS) is 10.8. The van der Waals surface area contributed by atoms with Crippen LogP contribution in [0.2, 0.25) is 5.02 Å². The van der Waals surface area contributed by atoms with Crippen LogP contribution in [0, 0.1) is 5.82 Å². The Balaban J connectivity index is 2.17. The molecular weight excluding hydrogens is 293 g/mol. The quantitative estimate of drug-likeness (QED) is 0.742. The molecule has 106 valence electrons. The number of hydrogen-bond acceptors (Lipinski definition) is 2. The van der Waals surface area contributed by atoms with Crippen molar-refractivity contribution >= 4 is 23.4 Å². The van der Waals surface area contributed by atoms with E-state index in [4.69, 9.17) is 11.6 Å². The Labute approximate surface area is 128 Å². The molecule has 2 aromatic rings. The summed E-state index contributed by atoms with van der Waals surface area (Å²) in [5.41, 5.74) is 1.09. The second-order valence-electron chi connectivity index (χ2n) is 4.45. The van der Waals surface area contributed by atoms with Gasteiger partial charge in [-0.15, -0.1) is 0 Å². The van der Waals surface area contributed by atoms with Gasteiger partial charge in [0.15, 0.2) is 0 Å². The van der Waals surface area contributed by atoms with Crippen molar-refractivity contribution in [2.45, 2.75) is 29.7 Å². The minimum Gasteiger partial charge on any atom is -0.313 e. The van der Waals surface area contributed by atoms with Gasteiger partial charge >= 0.3 is 0 Å². The summed E-state index contributed by atoms with van der Waals surface area (Å²) < 4.78 is 12.9. The first-order chi connectivity index (χ1) is 9.70. The Hall–Kier alpha value is -1.03. The predicted octanol–water partition coefficient (Wildman–Crippen LogP) is 5.13. The Kier molecular flexibility index (Phi) is 5.89. The van der Waals surface area contributed by atoms with Gasteiger partial charge in [-0.05, 0) is 54.9 Å². The second kappa shape index (κ2) is 7.67. The van der Waals surface area contributed by atoms with Crippen molar-refractivity contribution in [1.82, 2.24) is 5.32 Å². The number of nitrogens with one attached hydrogen (secondary N) is 1. The lowest BCUT2D eigenvalue weighted by atomic mass is 10.2. The molecule has 20 heavy (non-hydrogen) atoms. The standard InChI is InChI=1S/C16H17ClFNS/c1-2-10-19-11-14-15(17)4-3-5-16(14)20-13-8-6-12(18)7-9-13/h3-9,19H,2,10-11H2,1H3. The largest absolute Gasteiger partial charge is 0.313 e. The van der Waals surface area contributed by atoms with E-state index in [2.05, 4.69) is 12.2 Å². The molecule has 0 spiro atoms. The molecule has 0 heterocycles. The average molecular weight is 310 g/mol. The van der Waals surface area contributed by atoms with Crippen LogP contribution >= 0.6 is 23.4 Å². The monoisotopic (exact) mass is 309 g/mol. The average Bonchev–Trinajstić information content (AvgIpc) is 2.44. The maximum Gasteiger partial charge on any atom is 0.123 e. The van der Waals surface area contributed by atoms with E-state index in [1.54, 1.807) is 23.9 Å². The molecule has 0 aromatic heterocycles. The van der Waals surface area contributed by atoms with E-state index in [-0.39, 0.29) is 5.82 Å². The van der Waals surface area contributed by atoms with Crippen molar-refractivity contribution in [2.24, 2.45) is 0 Å². The van der Waals surface area contributed by atoms with Crippen LogP contribution in [-0.4, -0.2) is 6.54 Å². The van der Waals surface area contributed by atoms with Crippen molar-refractivity contribution in [3.05, 3.63) is 58.9 Å². The summed E-state index contributed by atoms with van der Waals surface area (Å²) in [5.74, 6) is -0.217. The molecule has 2 rings (SSSR count). The zero-order valence-corrected chi connectivity index (χ0v) is 12.9. The molecule has 0 radical (unpaired) electrons. The van der Waals surface area contributed by atoms with Crippen molar-refractivity contribution < 1.29 is 4.39 Å². The van der Waals surface area contributed by atoms with E-state index in [0.717, 1.165) is 39.9 Å². The number of halogens is 2. The van der Waals surface area contributed by atoms with Crippen LogP contribution in [0.5, 0.6) is 0 Å². The summed E-state index contributed by atoms with van der Waals surface area (Å²) >= 11 is 7.89. The minimum absolute atomic E-state index is 0.217. The summed E-state index contributed by atoms with van der Waals surface area (Å²) in [6.07, 6.45) is 1.09. The van der Waals surface area contributed by atoms with E-state index in [1.165, 1.54) is 12.1 Å². The van der Waals surface area contributed by atoms with Crippen molar-refractivity contribution in [1.29, 1.82) is 0 Å². The smallest absolute Gasteiger partial charge is 0.123 e. The van der Waals surface area contributed by atoms with Crippen molar-refractivity contribution in [3.63, 3.8) is 0 Å². The molecule has 0 bridgehead atoms. The molecule has 0 saturated heterocycles. The second-order valence-corrected chi connectivity index (χ2v) is 5.97. The topological polar surface area (TPSA) is 12.0 Å². The van der Waals surface area contributed by atoms with Gasteiger partial charge in [0.05, 0.1) is 0 Å². The van der Waals surface area contributed by atoms with E-state index in [9.17, 15) is 4.39 Å². The van der Waals surface area contributed by atoms with E-state index in [0.29, 0.717) is 0 Å². The highest BCUT2D eigenvalue weighted by molar-refractivity contribution is 7.99. The zero-order valence-electron chi connectivity index (χ0n) is 11.3. The van der Waals surface area contributed by atoms with Crippen LogP contribution in [-0.2, 0) is 6.54 Å². The van der Waals surface area contributed by atoms with Gasteiger partial charge in [0.2, 0.25) is 0 Å². The summed E-state index contributed by atoms with van der Waals surface area (Å²) in [5, 5.41) is 4.13. The molecule has 1 N–H and O–H groups in total. The van der Waals surface area contributed by atoms with Crippen LogP contribution in [0.1, 0.15) is 18.9 Å². The van der Waals surface area contributed by atoms with Crippen molar-refractivity contribution in [3.8, 4) is 0 Å². The molecule has 1 nitrogen and oxygen atoms in total. The van der Waals surface area contributed by atoms with E-state index >= 15 is 0 Å². The highest BCUT2D eigenvalue weighted by atomic mass is 35.5. The molecule has 0 saturated carbocycles. The Morgan fingerprint density at radius 1 is 1.15 bits per heavy atom. The Morgan fingerprint density at radius 2 is 1.90 bits per heavy atom. The van der Waals surface area contributed by atoms with Crippen LogP contribution in [0.3, 0.4) is 0 Å².